The van der Waals surface area contributed by atoms with E-state index in [-0.39, 0.29) is 10.6 Å². The number of para-hydroxylation sites is 1. The highest BCUT2D eigenvalue weighted by Crippen LogP contribution is 2.30. The van der Waals surface area contributed by atoms with Gasteiger partial charge in [-0.2, -0.15) is 0 Å². The van der Waals surface area contributed by atoms with Gasteiger partial charge in [0.2, 0.25) is 10.0 Å². The van der Waals surface area contributed by atoms with Crippen LogP contribution in [-0.4, -0.2) is 21.5 Å². The van der Waals surface area contributed by atoms with Gasteiger partial charge in [-0.3, -0.25) is 0 Å². The maximum Gasteiger partial charge on any atom is 0.240 e. The average molecular weight is 255 g/mol. The van der Waals surface area contributed by atoms with Gasteiger partial charge < -0.3 is 10.6 Å². The molecular weight excluding hydrogens is 238 g/mol. The third-order valence-corrected chi connectivity index (χ3v) is 4.02. The van der Waals surface area contributed by atoms with Crippen LogP contribution in [0, 0.1) is 0 Å². The molecule has 94 valence electrons. The highest BCUT2D eigenvalue weighted by molar-refractivity contribution is 7.89. The molecule has 0 unspecified atom stereocenters. The zero-order chi connectivity index (χ0) is 12.5. The van der Waals surface area contributed by atoms with E-state index in [1.807, 2.05) is 6.07 Å². The Morgan fingerprint density at radius 3 is 2.35 bits per heavy atom. The molecule has 6 heteroatoms. The van der Waals surface area contributed by atoms with E-state index in [2.05, 4.69) is 4.90 Å². The summed E-state index contributed by atoms with van der Waals surface area (Å²) in [6.45, 7) is 1.83. The Labute approximate surface area is 101 Å². The van der Waals surface area contributed by atoms with Crippen LogP contribution in [0.2, 0.25) is 0 Å². The van der Waals surface area contributed by atoms with E-state index in [0.717, 1.165) is 31.6 Å². The second-order valence-electron chi connectivity index (χ2n) is 4.28. The highest BCUT2D eigenvalue weighted by Gasteiger charge is 2.19. The lowest BCUT2D eigenvalue weighted by atomic mass is 10.1. The lowest BCUT2D eigenvalue weighted by molar-refractivity contribution is 0.577. The number of piperidine rings is 1. The average Bonchev–Trinajstić information content (AvgIpc) is 2.29. The number of hydrogen-bond acceptors (Lipinski definition) is 4. The molecule has 0 saturated carbocycles. The summed E-state index contributed by atoms with van der Waals surface area (Å²) in [4.78, 5) is 2.13. The summed E-state index contributed by atoms with van der Waals surface area (Å²) in [6, 6.07) is 4.97. The number of sulfonamides is 1. The molecule has 1 fully saturated rings. The third kappa shape index (κ3) is 2.53. The molecule has 17 heavy (non-hydrogen) atoms. The predicted molar refractivity (Wildman–Crippen MR) is 68.3 cm³/mol. The Bertz CT molecular complexity index is 507. The minimum absolute atomic E-state index is 0.0144. The Kier molecular flexibility index (Phi) is 3.26. The van der Waals surface area contributed by atoms with Crippen LogP contribution in [0.5, 0.6) is 0 Å². The number of benzene rings is 1. The Balaban J connectivity index is 2.42. The first-order valence-electron chi connectivity index (χ1n) is 5.66. The third-order valence-electron chi connectivity index (χ3n) is 3.05. The van der Waals surface area contributed by atoms with Crippen molar-refractivity contribution in [3.8, 4) is 0 Å². The maximum absolute atomic E-state index is 11.4. The van der Waals surface area contributed by atoms with Crippen molar-refractivity contribution in [2.75, 3.05) is 23.7 Å². The van der Waals surface area contributed by atoms with E-state index in [1.165, 1.54) is 12.5 Å². The highest BCUT2D eigenvalue weighted by atomic mass is 32.2. The van der Waals surface area contributed by atoms with Crippen molar-refractivity contribution >= 4 is 21.4 Å². The molecule has 4 N–H and O–H groups in total. The van der Waals surface area contributed by atoms with Gasteiger partial charge in [-0.05, 0) is 31.4 Å². The molecule has 1 aromatic rings. The predicted octanol–water partition coefficient (Wildman–Crippen LogP) is 0.907. The van der Waals surface area contributed by atoms with Gasteiger partial charge in [0.05, 0.1) is 11.4 Å². The molecule has 0 aliphatic carbocycles. The van der Waals surface area contributed by atoms with Gasteiger partial charge in [0.15, 0.2) is 0 Å². The summed E-state index contributed by atoms with van der Waals surface area (Å²) >= 11 is 0. The van der Waals surface area contributed by atoms with Gasteiger partial charge in [-0.1, -0.05) is 6.07 Å². The van der Waals surface area contributed by atoms with Gasteiger partial charge in [0.1, 0.15) is 4.90 Å². The molecule has 0 radical (unpaired) electrons. The van der Waals surface area contributed by atoms with Crippen LogP contribution in [0.25, 0.3) is 0 Å². The number of nitrogen functional groups attached to an aromatic ring is 1. The van der Waals surface area contributed by atoms with Crippen molar-refractivity contribution < 1.29 is 8.42 Å². The minimum Gasteiger partial charge on any atom is -0.396 e. The summed E-state index contributed by atoms with van der Waals surface area (Å²) in [5, 5.41) is 5.13. The first kappa shape index (κ1) is 12.2. The number of rotatable bonds is 2. The van der Waals surface area contributed by atoms with Crippen LogP contribution in [0.3, 0.4) is 0 Å². The van der Waals surface area contributed by atoms with E-state index in [1.54, 1.807) is 6.07 Å². The molecule has 2 rings (SSSR count). The molecule has 0 aromatic heterocycles. The van der Waals surface area contributed by atoms with Crippen molar-refractivity contribution in [3.05, 3.63) is 18.2 Å². The largest absolute Gasteiger partial charge is 0.396 e. The summed E-state index contributed by atoms with van der Waals surface area (Å²) in [6.07, 6.45) is 3.43. The van der Waals surface area contributed by atoms with Crippen LogP contribution in [0.1, 0.15) is 19.3 Å². The summed E-state index contributed by atoms with van der Waals surface area (Å²) in [7, 11) is -3.75. The number of anilines is 2. The summed E-state index contributed by atoms with van der Waals surface area (Å²) in [5.41, 5.74) is 6.93. The zero-order valence-electron chi connectivity index (χ0n) is 9.59. The van der Waals surface area contributed by atoms with Crippen molar-refractivity contribution in [2.45, 2.75) is 24.2 Å². The lowest BCUT2D eigenvalue weighted by Crippen LogP contribution is -2.30. The van der Waals surface area contributed by atoms with Gasteiger partial charge in [-0.15, -0.1) is 0 Å². The monoisotopic (exact) mass is 255 g/mol. The molecule has 0 spiro atoms. The topological polar surface area (TPSA) is 89.4 Å². The number of primary sulfonamides is 1. The molecule has 1 heterocycles. The Morgan fingerprint density at radius 2 is 1.76 bits per heavy atom. The number of hydrogen-bond donors (Lipinski definition) is 2. The second-order valence-corrected chi connectivity index (χ2v) is 5.81. The number of nitrogens with two attached hydrogens (primary N) is 2. The normalized spacial score (nSPS) is 17.1. The SMILES string of the molecule is Nc1c(N2CCCCC2)cccc1S(N)(=O)=O. The van der Waals surface area contributed by atoms with E-state index in [0.29, 0.717) is 0 Å². The molecule has 0 atom stereocenters. The van der Waals surface area contributed by atoms with Crippen molar-refractivity contribution in [1.82, 2.24) is 0 Å². The van der Waals surface area contributed by atoms with Crippen molar-refractivity contribution in [1.29, 1.82) is 0 Å². The molecule has 1 aliphatic heterocycles. The zero-order valence-corrected chi connectivity index (χ0v) is 10.4. The quantitative estimate of drug-likeness (QED) is 0.768. The standard InChI is InChI=1S/C11H17N3O2S/c12-11-9(14-7-2-1-3-8-14)5-4-6-10(11)17(13,15)16/h4-6H,1-3,7-8,12H2,(H2,13,15,16). The van der Waals surface area contributed by atoms with Crippen LogP contribution in [-0.2, 0) is 10.0 Å². The summed E-state index contributed by atoms with van der Waals surface area (Å²) in [5.74, 6) is 0. The molecule has 5 nitrogen and oxygen atoms in total. The van der Waals surface area contributed by atoms with Gasteiger partial charge in [0.25, 0.3) is 0 Å². The van der Waals surface area contributed by atoms with Gasteiger partial charge in [-0.25, -0.2) is 13.6 Å². The summed E-state index contributed by atoms with van der Waals surface area (Å²) < 4.78 is 22.7. The Morgan fingerprint density at radius 1 is 1.12 bits per heavy atom. The van der Waals surface area contributed by atoms with E-state index < -0.39 is 10.0 Å². The second kappa shape index (κ2) is 4.54. The molecular formula is C11H17N3O2S. The fourth-order valence-electron chi connectivity index (χ4n) is 2.19. The van der Waals surface area contributed by atoms with Crippen molar-refractivity contribution in [3.63, 3.8) is 0 Å². The lowest BCUT2D eigenvalue weighted by Gasteiger charge is -2.30. The first-order chi connectivity index (χ1) is 8.00. The van der Waals surface area contributed by atoms with Gasteiger partial charge in [0, 0.05) is 13.1 Å². The van der Waals surface area contributed by atoms with E-state index >= 15 is 0 Å². The van der Waals surface area contributed by atoms with Crippen LogP contribution in [0.15, 0.2) is 23.1 Å². The number of nitrogens with zero attached hydrogens (tertiary/aromatic N) is 1. The van der Waals surface area contributed by atoms with E-state index in [4.69, 9.17) is 10.9 Å². The molecule has 1 aromatic carbocycles. The maximum atomic E-state index is 11.4. The van der Waals surface area contributed by atoms with Crippen molar-refractivity contribution in [2.24, 2.45) is 5.14 Å². The van der Waals surface area contributed by atoms with E-state index in [9.17, 15) is 8.42 Å². The van der Waals surface area contributed by atoms with Crippen LogP contribution < -0.4 is 15.8 Å². The first-order valence-corrected chi connectivity index (χ1v) is 7.21. The fourth-order valence-corrected chi connectivity index (χ4v) is 2.87. The molecule has 1 aliphatic rings. The molecule has 0 amide bonds. The van der Waals surface area contributed by atoms with Gasteiger partial charge >= 0.3 is 0 Å². The molecule has 0 bridgehead atoms. The molecule has 1 saturated heterocycles. The van der Waals surface area contributed by atoms with Crippen LogP contribution in [0.4, 0.5) is 11.4 Å². The minimum atomic E-state index is -3.75. The fraction of sp³-hybridized carbons (Fsp3) is 0.455. The Hall–Kier alpha value is -1.27. The smallest absolute Gasteiger partial charge is 0.240 e. The van der Waals surface area contributed by atoms with Crippen LogP contribution >= 0.6 is 0 Å².